The molecule has 12 nitrogen and oxygen atoms in total. The Labute approximate surface area is 339 Å². The number of hydrogen-bond donors (Lipinski definition) is 3. The second-order valence-corrected chi connectivity index (χ2v) is 15.6. The van der Waals surface area contributed by atoms with Crippen molar-refractivity contribution in [2.24, 2.45) is 11.5 Å². The maximum Gasteiger partial charge on any atom is 0.266 e. The van der Waals surface area contributed by atoms with Crippen molar-refractivity contribution < 1.29 is 42.2 Å². The SMILES string of the molecule is NC(=O)C(COCCCCCCOc1cccc2c1C(=O)N(C1CCC(=O)NC1=O)C2=O)c1ccc2c(-c3cccc(C(N)=S)c3)cn(C3CCC(F)(F)CC3)c2c1. The minimum atomic E-state index is -2.68. The van der Waals surface area contributed by atoms with Gasteiger partial charge in [-0.15, -0.1) is 0 Å². The number of amides is 5. The van der Waals surface area contributed by atoms with Crippen molar-refractivity contribution in [3.05, 3.63) is 89.1 Å². The van der Waals surface area contributed by atoms with Crippen LogP contribution in [0.1, 0.15) is 108 Å². The molecule has 1 saturated carbocycles. The van der Waals surface area contributed by atoms with Gasteiger partial charge in [-0.1, -0.05) is 55.0 Å². The Kier molecular flexibility index (Phi) is 12.0. The average Bonchev–Trinajstić information content (AvgIpc) is 3.69. The second-order valence-electron chi connectivity index (χ2n) is 15.2. The van der Waals surface area contributed by atoms with E-state index in [1.807, 2.05) is 48.7 Å². The molecule has 0 bridgehead atoms. The zero-order chi connectivity index (χ0) is 41.1. The number of imide groups is 2. The molecule has 0 spiro atoms. The number of aromatic nitrogens is 1. The summed E-state index contributed by atoms with van der Waals surface area (Å²) in [4.78, 5) is 64.3. The number of piperidine rings is 1. The van der Waals surface area contributed by atoms with E-state index in [0.717, 1.165) is 45.3 Å². The van der Waals surface area contributed by atoms with Gasteiger partial charge >= 0.3 is 0 Å². The van der Waals surface area contributed by atoms with E-state index in [0.29, 0.717) is 44.5 Å². The summed E-state index contributed by atoms with van der Waals surface area (Å²) >= 11 is 5.21. The fourth-order valence-electron chi connectivity index (χ4n) is 8.15. The number of alkyl halides is 2. The topological polar surface area (TPSA) is 176 Å². The summed E-state index contributed by atoms with van der Waals surface area (Å²) in [6, 6.07) is 16.9. The molecule has 2 aliphatic heterocycles. The Balaban J connectivity index is 0.933. The van der Waals surface area contributed by atoms with Crippen LogP contribution in [0, 0.1) is 0 Å². The van der Waals surface area contributed by atoms with Crippen LogP contribution >= 0.6 is 12.2 Å². The number of hydrogen-bond acceptors (Lipinski definition) is 8. The summed E-state index contributed by atoms with van der Waals surface area (Å²) in [5, 5.41) is 3.10. The Morgan fingerprint density at radius 2 is 1.64 bits per heavy atom. The van der Waals surface area contributed by atoms with Crippen molar-refractivity contribution in [1.29, 1.82) is 0 Å². The molecule has 3 aromatic carbocycles. The molecular weight excluding hydrogens is 769 g/mol. The predicted octanol–water partition coefficient (Wildman–Crippen LogP) is 6.32. The zero-order valence-electron chi connectivity index (χ0n) is 31.8. The van der Waals surface area contributed by atoms with Gasteiger partial charge in [-0.3, -0.25) is 34.2 Å². The van der Waals surface area contributed by atoms with Crippen LogP contribution in [0.4, 0.5) is 8.78 Å². The first kappa shape index (κ1) is 40.6. The average molecular weight is 814 g/mol. The third-order valence-electron chi connectivity index (χ3n) is 11.3. The van der Waals surface area contributed by atoms with E-state index in [9.17, 15) is 32.8 Å². The van der Waals surface area contributed by atoms with Crippen LogP contribution < -0.4 is 21.5 Å². The van der Waals surface area contributed by atoms with Crippen molar-refractivity contribution in [3.8, 4) is 16.9 Å². The zero-order valence-corrected chi connectivity index (χ0v) is 32.7. The number of rotatable bonds is 16. The highest BCUT2D eigenvalue weighted by molar-refractivity contribution is 7.80. The van der Waals surface area contributed by atoms with Crippen LogP contribution in [0.2, 0.25) is 0 Å². The maximum absolute atomic E-state index is 14.2. The van der Waals surface area contributed by atoms with E-state index < -0.39 is 47.4 Å². The molecule has 5 amide bonds. The summed E-state index contributed by atoms with van der Waals surface area (Å²) in [5.74, 6) is -6.01. The highest BCUT2D eigenvalue weighted by atomic mass is 32.1. The van der Waals surface area contributed by atoms with Gasteiger partial charge in [0.1, 0.15) is 16.8 Å². The Morgan fingerprint density at radius 3 is 2.36 bits per heavy atom. The Hall–Kier alpha value is -5.54. The van der Waals surface area contributed by atoms with Crippen LogP contribution in [0.15, 0.2) is 66.9 Å². The number of carbonyl (C=O) groups is 5. The lowest BCUT2D eigenvalue weighted by Crippen LogP contribution is -2.54. The molecule has 304 valence electrons. The Bertz CT molecular complexity index is 2280. The summed E-state index contributed by atoms with van der Waals surface area (Å²) < 4.78 is 42.3. The quantitative estimate of drug-likeness (QED) is 0.0664. The van der Waals surface area contributed by atoms with E-state index in [-0.39, 0.29) is 60.2 Å². The number of nitrogens with one attached hydrogen (secondary N) is 1. The molecule has 3 aliphatic rings. The van der Waals surface area contributed by atoms with Crippen LogP contribution in [0.3, 0.4) is 0 Å². The van der Waals surface area contributed by atoms with Gasteiger partial charge in [0.2, 0.25) is 23.6 Å². The van der Waals surface area contributed by atoms with Crippen LogP contribution in [0.25, 0.3) is 22.0 Å². The van der Waals surface area contributed by atoms with Crippen LogP contribution in [-0.2, 0) is 19.1 Å². The highest BCUT2D eigenvalue weighted by Gasteiger charge is 2.46. The second kappa shape index (κ2) is 17.1. The number of primary amides is 1. The third kappa shape index (κ3) is 8.51. The number of fused-ring (bicyclic) bond motifs is 2. The van der Waals surface area contributed by atoms with E-state index >= 15 is 0 Å². The van der Waals surface area contributed by atoms with Gasteiger partial charge in [-0.25, -0.2) is 8.78 Å². The molecular formula is C43H45F2N5O7S. The molecule has 2 fully saturated rings. The molecule has 5 N–H and O–H groups in total. The van der Waals surface area contributed by atoms with Crippen LogP contribution in [0.5, 0.6) is 5.75 Å². The molecule has 4 aromatic rings. The third-order valence-corrected chi connectivity index (χ3v) is 11.5. The standard InChI is InChI=1S/C43H45F2N5O7S/c44-43(45)17-15-28(16-18-43)49-23-31(25-7-5-8-27(21-25)39(47)58)29-12-11-26(22-34(29)49)32(38(46)52)24-56-19-3-1-2-4-20-57-35-10-6-9-30-37(35)42(55)50(41(30)54)33-13-14-36(51)48-40(33)53/h5-12,21-23,28,32-33H,1-4,13-20,24H2,(H2,46,52)(H2,47,58)(H,48,51,53). The summed E-state index contributed by atoms with van der Waals surface area (Å²) in [6.07, 6.45) is 5.32. The van der Waals surface area contributed by atoms with Gasteiger partial charge in [0, 0.05) is 60.1 Å². The van der Waals surface area contributed by atoms with Gasteiger partial charge in [0.25, 0.3) is 11.8 Å². The molecule has 15 heteroatoms. The predicted molar refractivity (Wildman–Crippen MR) is 216 cm³/mol. The number of halogens is 2. The molecule has 58 heavy (non-hydrogen) atoms. The number of benzene rings is 3. The van der Waals surface area contributed by atoms with Crippen molar-refractivity contribution in [2.45, 2.75) is 88.1 Å². The van der Waals surface area contributed by atoms with E-state index in [4.69, 9.17) is 33.2 Å². The number of nitrogens with zero attached hydrogens (tertiary/aromatic N) is 2. The van der Waals surface area contributed by atoms with Gasteiger partial charge in [0.15, 0.2) is 0 Å². The van der Waals surface area contributed by atoms with Gasteiger partial charge in [0.05, 0.1) is 30.3 Å². The lowest BCUT2D eigenvalue weighted by atomic mass is 9.92. The largest absolute Gasteiger partial charge is 0.493 e. The summed E-state index contributed by atoms with van der Waals surface area (Å²) in [5.41, 5.74) is 16.1. The maximum atomic E-state index is 14.2. The van der Waals surface area contributed by atoms with Crippen LogP contribution in [-0.4, -0.2) is 75.8 Å². The van der Waals surface area contributed by atoms with E-state index in [1.165, 1.54) is 6.07 Å². The van der Waals surface area contributed by atoms with Gasteiger partial charge < -0.3 is 25.5 Å². The molecule has 1 aliphatic carbocycles. The number of nitrogens with two attached hydrogens (primary N) is 2. The van der Waals surface area contributed by atoms with E-state index in [2.05, 4.69) is 9.88 Å². The number of unbranched alkanes of at least 4 members (excludes halogenated alkanes) is 3. The lowest BCUT2D eigenvalue weighted by molar-refractivity contribution is -0.136. The molecule has 2 atom stereocenters. The van der Waals surface area contributed by atoms with Crippen molar-refractivity contribution in [1.82, 2.24) is 14.8 Å². The fraction of sp³-hybridized carbons (Fsp3) is 0.395. The molecule has 3 heterocycles. The molecule has 7 rings (SSSR count). The first-order valence-corrected chi connectivity index (χ1v) is 20.0. The number of ether oxygens (including phenoxy) is 2. The highest BCUT2D eigenvalue weighted by Crippen LogP contribution is 2.42. The molecule has 0 radical (unpaired) electrons. The first-order chi connectivity index (χ1) is 27.8. The van der Waals surface area contributed by atoms with Crippen molar-refractivity contribution in [2.75, 3.05) is 19.8 Å². The monoisotopic (exact) mass is 813 g/mol. The number of thiocarbonyl (C=S) groups is 1. The summed E-state index contributed by atoms with van der Waals surface area (Å²) in [7, 11) is 0. The fourth-order valence-corrected chi connectivity index (χ4v) is 8.28. The molecule has 1 saturated heterocycles. The van der Waals surface area contributed by atoms with Crippen molar-refractivity contribution >= 4 is 57.6 Å². The van der Waals surface area contributed by atoms with Gasteiger partial charge in [-0.2, -0.15) is 0 Å². The Morgan fingerprint density at radius 1 is 0.897 bits per heavy atom. The van der Waals surface area contributed by atoms with Crippen molar-refractivity contribution in [3.63, 3.8) is 0 Å². The minimum absolute atomic E-state index is 0.0365. The molecule has 1 aromatic heterocycles. The van der Waals surface area contributed by atoms with Gasteiger partial charge in [-0.05, 0) is 73.9 Å². The van der Waals surface area contributed by atoms with E-state index in [1.54, 1.807) is 12.1 Å². The smallest absolute Gasteiger partial charge is 0.266 e. The number of carbonyl (C=O) groups excluding carboxylic acids is 5. The first-order valence-electron chi connectivity index (χ1n) is 19.6. The lowest BCUT2D eigenvalue weighted by Gasteiger charge is -2.30. The minimum Gasteiger partial charge on any atom is -0.493 e. The summed E-state index contributed by atoms with van der Waals surface area (Å²) in [6.45, 7) is 0.759. The normalized spacial score (nSPS) is 18.7. The molecule has 2 unspecified atom stereocenters.